The number of rotatable bonds is 6. The van der Waals surface area contributed by atoms with Crippen molar-refractivity contribution in [2.24, 2.45) is 0 Å². The predicted octanol–water partition coefficient (Wildman–Crippen LogP) is 4.83. The number of ether oxygens (including phenoxy) is 1. The first kappa shape index (κ1) is 18.7. The summed E-state index contributed by atoms with van der Waals surface area (Å²) in [7, 11) is 0. The Labute approximate surface area is 162 Å². The Balaban J connectivity index is 1.72. The van der Waals surface area contributed by atoms with Gasteiger partial charge in [-0.05, 0) is 55.8 Å². The second-order valence-corrected chi connectivity index (χ2v) is 6.14. The molecule has 138 valence electrons. The van der Waals surface area contributed by atoms with Crippen LogP contribution in [0.3, 0.4) is 0 Å². The Kier molecular flexibility index (Phi) is 5.88. The molecule has 1 aromatic heterocycles. The van der Waals surface area contributed by atoms with Gasteiger partial charge >= 0.3 is 0 Å². The molecule has 0 aliphatic rings. The van der Waals surface area contributed by atoms with E-state index in [1.807, 2.05) is 32.0 Å². The number of aromatic nitrogens is 2. The Bertz CT molecular complexity index is 945. The fourth-order valence-corrected chi connectivity index (χ4v) is 2.60. The normalized spacial score (nSPS) is 10.3. The summed E-state index contributed by atoms with van der Waals surface area (Å²) < 4.78 is 5.39. The van der Waals surface area contributed by atoms with Gasteiger partial charge in [-0.15, -0.1) is 0 Å². The molecule has 27 heavy (non-hydrogen) atoms. The molecule has 3 aromatic rings. The van der Waals surface area contributed by atoms with E-state index in [2.05, 4.69) is 20.6 Å². The zero-order chi connectivity index (χ0) is 19.2. The number of hydrogen-bond donors (Lipinski definition) is 2. The average molecular weight is 383 g/mol. The zero-order valence-corrected chi connectivity index (χ0v) is 15.7. The smallest absolute Gasteiger partial charge is 0.274 e. The van der Waals surface area contributed by atoms with Crippen LogP contribution < -0.4 is 15.4 Å². The Morgan fingerprint density at radius 2 is 1.93 bits per heavy atom. The molecule has 6 nitrogen and oxygen atoms in total. The highest BCUT2D eigenvalue weighted by Gasteiger charge is 2.10. The lowest BCUT2D eigenvalue weighted by Gasteiger charge is -2.11. The van der Waals surface area contributed by atoms with Crippen LogP contribution in [0.15, 0.2) is 54.9 Å². The van der Waals surface area contributed by atoms with E-state index >= 15 is 0 Å². The van der Waals surface area contributed by atoms with Crippen LogP contribution >= 0.6 is 11.6 Å². The Hall–Kier alpha value is -3.12. The monoisotopic (exact) mass is 382 g/mol. The maximum absolute atomic E-state index is 12.5. The maximum atomic E-state index is 12.5. The van der Waals surface area contributed by atoms with E-state index in [4.69, 9.17) is 16.3 Å². The molecular weight excluding hydrogens is 364 g/mol. The summed E-state index contributed by atoms with van der Waals surface area (Å²) in [5.41, 5.74) is 2.63. The van der Waals surface area contributed by atoms with Crippen LogP contribution in [0.25, 0.3) is 0 Å². The first-order valence-corrected chi connectivity index (χ1v) is 8.83. The number of carbonyl (C=O) groups is 1. The van der Waals surface area contributed by atoms with Crippen molar-refractivity contribution in [3.63, 3.8) is 0 Å². The number of nitrogens with one attached hydrogen (secondary N) is 2. The molecule has 2 N–H and O–H groups in total. The summed E-state index contributed by atoms with van der Waals surface area (Å²) in [6, 6.07) is 14.3. The van der Waals surface area contributed by atoms with Crippen molar-refractivity contribution in [1.29, 1.82) is 0 Å². The second-order valence-electron chi connectivity index (χ2n) is 5.74. The van der Waals surface area contributed by atoms with Gasteiger partial charge in [0.05, 0.1) is 6.61 Å². The van der Waals surface area contributed by atoms with Gasteiger partial charge in [0, 0.05) is 22.5 Å². The lowest BCUT2D eigenvalue weighted by atomic mass is 10.2. The third-order valence-corrected chi connectivity index (χ3v) is 4.26. The van der Waals surface area contributed by atoms with Crippen molar-refractivity contribution in [3.8, 4) is 5.75 Å². The standard InChI is InChI=1S/C20H19ClN4O2/c1-3-27-15-9-7-14(8-10-15)24-20(26)18-11-19(23-12-22-18)25-17-6-4-5-16(21)13(17)2/h4-12H,3H2,1-2H3,(H,24,26)(H,22,23,25). The molecule has 0 saturated heterocycles. The fraction of sp³-hybridized carbons (Fsp3) is 0.150. The molecule has 0 saturated carbocycles. The van der Waals surface area contributed by atoms with Crippen LogP contribution in [-0.2, 0) is 0 Å². The summed E-state index contributed by atoms with van der Waals surface area (Å²) in [5.74, 6) is 0.931. The number of carbonyl (C=O) groups excluding carboxylic acids is 1. The quantitative estimate of drug-likeness (QED) is 0.638. The molecule has 0 unspecified atom stereocenters. The van der Waals surface area contributed by atoms with Crippen molar-refractivity contribution in [1.82, 2.24) is 9.97 Å². The van der Waals surface area contributed by atoms with Gasteiger partial charge in [-0.2, -0.15) is 0 Å². The van der Waals surface area contributed by atoms with E-state index in [1.54, 1.807) is 30.3 Å². The fourth-order valence-electron chi connectivity index (χ4n) is 2.43. The second kappa shape index (κ2) is 8.51. The molecule has 0 spiro atoms. The molecule has 0 radical (unpaired) electrons. The Morgan fingerprint density at radius 3 is 2.67 bits per heavy atom. The molecule has 1 heterocycles. The molecular formula is C20H19ClN4O2. The van der Waals surface area contributed by atoms with Gasteiger partial charge < -0.3 is 15.4 Å². The van der Waals surface area contributed by atoms with Gasteiger partial charge in [0.1, 0.15) is 23.6 Å². The van der Waals surface area contributed by atoms with E-state index in [0.29, 0.717) is 23.1 Å². The van der Waals surface area contributed by atoms with Gasteiger partial charge in [0.15, 0.2) is 0 Å². The lowest BCUT2D eigenvalue weighted by molar-refractivity contribution is 0.102. The largest absolute Gasteiger partial charge is 0.494 e. The molecule has 0 aliphatic heterocycles. The van der Waals surface area contributed by atoms with E-state index < -0.39 is 0 Å². The van der Waals surface area contributed by atoms with E-state index in [-0.39, 0.29) is 11.6 Å². The summed E-state index contributed by atoms with van der Waals surface area (Å²) >= 11 is 6.14. The topological polar surface area (TPSA) is 76.1 Å². The first-order chi connectivity index (χ1) is 13.1. The van der Waals surface area contributed by atoms with Crippen LogP contribution in [0.4, 0.5) is 17.2 Å². The summed E-state index contributed by atoms with van der Waals surface area (Å²) in [5, 5.41) is 6.62. The van der Waals surface area contributed by atoms with Crippen LogP contribution in [-0.4, -0.2) is 22.5 Å². The van der Waals surface area contributed by atoms with Crippen molar-refractivity contribution in [3.05, 3.63) is 71.1 Å². The number of amides is 1. The van der Waals surface area contributed by atoms with Crippen molar-refractivity contribution >= 4 is 34.7 Å². The van der Waals surface area contributed by atoms with E-state index in [0.717, 1.165) is 17.0 Å². The average Bonchev–Trinajstić information content (AvgIpc) is 2.67. The molecule has 0 atom stereocenters. The molecule has 0 aliphatic carbocycles. The Morgan fingerprint density at radius 1 is 1.15 bits per heavy atom. The predicted molar refractivity (Wildman–Crippen MR) is 107 cm³/mol. The highest BCUT2D eigenvalue weighted by molar-refractivity contribution is 6.31. The van der Waals surface area contributed by atoms with E-state index in [1.165, 1.54) is 6.33 Å². The van der Waals surface area contributed by atoms with Gasteiger partial charge in [-0.1, -0.05) is 17.7 Å². The number of benzene rings is 2. The minimum atomic E-state index is -0.326. The zero-order valence-electron chi connectivity index (χ0n) is 15.0. The summed E-state index contributed by atoms with van der Waals surface area (Å²) in [6.07, 6.45) is 1.34. The van der Waals surface area contributed by atoms with Gasteiger partial charge in [-0.25, -0.2) is 9.97 Å². The highest BCUT2D eigenvalue weighted by atomic mass is 35.5. The van der Waals surface area contributed by atoms with Crippen molar-refractivity contribution < 1.29 is 9.53 Å². The molecule has 3 rings (SSSR count). The maximum Gasteiger partial charge on any atom is 0.274 e. The third kappa shape index (κ3) is 4.74. The molecule has 2 aromatic carbocycles. The minimum Gasteiger partial charge on any atom is -0.494 e. The van der Waals surface area contributed by atoms with Crippen molar-refractivity contribution in [2.45, 2.75) is 13.8 Å². The van der Waals surface area contributed by atoms with Crippen LogP contribution in [0.5, 0.6) is 5.75 Å². The number of anilines is 3. The SMILES string of the molecule is CCOc1ccc(NC(=O)c2cc(Nc3cccc(Cl)c3C)ncn2)cc1. The van der Waals surface area contributed by atoms with Gasteiger partial charge in [0.2, 0.25) is 0 Å². The van der Waals surface area contributed by atoms with Gasteiger partial charge in [0.25, 0.3) is 5.91 Å². The third-order valence-electron chi connectivity index (χ3n) is 3.85. The van der Waals surface area contributed by atoms with Crippen molar-refractivity contribution in [2.75, 3.05) is 17.2 Å². The lowest BCUT2D eigenvalue weighted by Crippen LogP contribution is -2.14. The minimum absolute atomic E-state index is 0.251. The van der Waals surface area contributed by atoms with Crippen LogP contribution in [0.2, 0.25) is 5.02 Å². The first-order valence-electron chi connectivity index (χ1n) is 8.45. The van der Waals surface area contributed by atoms with Crippen LogP contribution in [0, 0.1) is 6.92 Å². The molecule has 0 bridgehead atoms. The van der Waals surface area contributed by atoms with E-state index in [9.17, 15) is 4.79 Å². The highest BCUT2D eigenvalue weighted by Crippen LogP contribution is 2.25. The van der Waals surface area contributed by atoms with Crippen LogP contribution in [0.1, 0.15) is 23.0 Å². The van der Waals surface area contributed by atoms with Gasteiger partial charge in [-0.3, -0.25) is 4.79 Å². The number of hydrogen-bond acceptors (Lipinski definition) is 5. The summed E-state index contributed by atoms with van der Waals surface area (Å²) in [4.78, 5) is 20.7. The molecule has 0 fully saturated rings. The summed E-state index contributed by atoms with van der Waals surface area (Å²) in [6.45, 7) is 4.42. The number of halogens is 1. The molecule has 1 amide bonds. The number of nitrogens with zero attached hydrogens (tertiary/aromatic N) is 2. The molecule has 7 heteroatoms.